The van der Waals surface area contributed by atoms with Crippen molar-refractivity contribution in [3.8, 4) is 11.5 Å². The number of amides is 2. The van der Waals surface area contributed by atoms with E-state index in [1.54, 1.807) is 14.2 Å². The van der Waals surface area contributed by atoms with Gasteiger partial charge in [-0.1, -0.05) is 60.7 Å². The maximum Gasteiger partial charge on any atom is 0.407 e. The molecule has 4 aliphatic carbocycles. The molecule has 0 aromatic heterocycles. The zero-order valence-electron chi connectivity index (χ0n) is 35.6. The van der Waals surface area contributed by atoms with Crippen LogP contribution in [-0.4, -0.2) is 50.7 Å². The third kappa shape index (κ3) is 9.18. The molecule has 2 heterocycles. The number of alkyl carbamates (subject to hydrolysis) is 2. The Bertz CT molecular complexity index is 2030. The predicted octanol–water partition coefficient (Wildman–Crippen LogP) is 10.4. The van der Waals surface area contributed by atoms with Crippen molar-refractivity contribution in [2.24, 2.45) is 11.8 Å². The zero-order chi connectivity index (χ0) is 41.1. The molecule has 6 atom stereocenters. The van der Waals surface area contributed by atoms with Gasteiger partial charge in [0.25, 0.3) is 0 Å². The van der Waals surface area contributed by atoms with Crippen LogP contribution < -0.4 is 20.1 Å². The number of carbonyl (C=O) groups is 2. The summed E-state index contributed by atoms with van der Waals surface area (Å²) < 4.78 is 21.1. The van der Waals surface area contributed by atoms with E-state index in [1.807, 2.05) is 12.1 Å². The van der Waals surface area contributed by atoms with Crippen LogP contribution >= 0.6 is 0 Å². The normalized spacial score (nSPS) is 27.6. The lowest BCUT2D eigenvalue weighted by atomic mass is 9.79. The topological polar surface area (TPSA) is 95.1 Å². The van der Waals surface area contributed by atoms with Crippen molar-refractivity contribution >= 4 is 12.2 Å². The van der Waals surface area contributed by atoms with Gasteiger partial charge < -0.3 is 29.6 Å². The minimum absolute atomic E-state index is 0.122. The third-order valence-corrected chi connectivity index (χ3v) is 14.9. The second kappa shape index (κ2) is 17.6. The first-order valence-corrected chi connectivity index (χ1v) is 22.6. The Balaban J connectivity index is 0.000000154. The van der Waals surface area contributed by atoms with E-state index < -0.39 is 0 Å². The van der Waals surface area contributed by atoms with Crippen molar-refractivity contribution in [3.63, 3.8) is 0 Å². The van der Waals surface area contributed by atoms with E-state index in [-0.39, 0.29) is 23.3 Å². The number of hydrogen-bond donors (Lipinski definition) is 2. The molecule has 2 N–H and O–H groups in total. The molecule has 8 nitrogen and oxygen atoms in total. The number of fused-ring (bicyclic) bond motifs is 2. The smallest absolute Gasteiger partial charge is 0.407 e. The minimum Gasteiger partial charge on any atom is -0.497 e. The molecule has 8 heteroatoms. The van der Waals surface area contributed by atoms with Crippen LogP contribution in [0.25, 0.3) is 0 Å². The van der Waals surface area contributed by atoms with E-state index >= 15 is 0 Å². The molecule has 10 rings (SSSR count). The molecule has 60 heavy (non-hydrogen) atoms. The number of carbonyl (C=O) groups excluding carboxylic acids is 2. The van der Waals surface area contributed by atoms with Crippen molar-refractivity contribution in [2.45, 2.75) is 126 Å². The molecular weight excluding hydrogens is 749 g/mol. The van der Waals surface area contributed by atoms with Crippen LogP contribution in [0.15, 0.2) is 84.9 Å². The van der Waals surface area contributed by atoms with E-state index in [1.165, 1.54) is 95.9 Å². The van der Waals surface area contributed by atoms with Crippen LogP contribution in [-0.2, 0) is 48.0 Å². The minimum atomic E-state index is -0.249. The Morgan fingerprint density at radius 3 is 1.47 bits per heavy atom. The van der Waals surface area contributed by atoms with Gasteiger partial charge in [0.05, 0.1) is 25.3 Å². The van der Waals surface area contributed by atoms with E-state index in [2.05, 4.69) is 83.4 Å². The van der Waals surface area contributed by atoms with Gasteiger partial charge in [-0.2, -0.15) is 0 Å². The molecule has 6 aliphatic rings. The van der Waals surface area contributed by atoms with Gasteiger partial charge in [-0.3, -0.25) is 0 Å². The second-order valence-electron chi connectivity index (χ2n) is 18.9. The first-order valence-electron chi connectivity index (χ1n) is 22.6. The lowest BCUT2D eigenvalue weighted by Gasteiger charge is -2.26. The molecule has 0 radical (unpaired) electrons. The summed E-state index contributed by atoms with van der Waals surface area (Å²) in [5.74, 6) is 4.48. The van der Waals surface area contributed by atoms with Gasteiger partial charge in [-0.15, -0.1) is 0 Å². The maximum atomic E-state index is 11.5. The van der Waals surface area contributed by atoms with Crippen molar-refractivity contribution in [3.05, 3.63) is 129 Å². The number of nitrogens with one attached hydrogen (secondary N) is 2. The molecule has 0 unspecified atom stereocenters. The summed E-state index contributed by atoms with van der Waals surface area (Å²) in [5.41, 5.74) is 11.5. The summed E-state index contributed by atoms with van der Waals surface area (Å²) in [6.07, 6.45) is 17.8. The SMILES string of the molecule is COc1cccc(CC[C@@H]2CCc3cc([C@H]4CC[C@]5(COC(=O)N5)C4)ccc3C2)c1.COc1cccc(CC[C@H]2CCc3cc([C@H]4CC[C@]5(COC(=O)N5)C4)ccc3C2)c1. The van der Waals surface area contributed by atoms with Crippen molar-refractivity contribution in [2.75, 3.05) is 27.4 Å². The summed E-state index contributed by atoms with van der Waals surface area (Å²) in [7, 11) is 3.46. The largest absolute Gasteiger partial charge is 0.497 e. The molecule has 2 amide bonds. The zero-order valence-corrected chi connectivity index (χ0v) is 35.6. The number of rotatable bonds is 10. The predicted molar refractivity (Wildman–Crippen MR) is 234 cm³/mol. The lowest BCUT2D eigenvalue weighted by Crippen LogP contribution is -2.40. The maximum absolute atomic E-state index is 11.5. The molecule has 4 aromatic carbocycles. The summed E-state index contributed by atoms with van der Waals surface area (Å²) in [4.78, 5) is 23.0. The van der Waals surface area contributed by atoms with Crippen LogP contribution in [0.5, 0.6) is 11.5 Å². The van der Waals surface area contributed by atoms with Gasteiger partial charge in [0, 0.05) is 0 Å². The number of methoxy groups -OCH3 is 2. The van der Waals surface area contributed by atoms with Gasteiger partial charge >= 0.3 is 12.2 Å². The van der Waals surface area contributed by atoms with Crippen molar-refractivity contribution < 1.29 is 28.5 Å². The standard InChI is InChI=1S/2C26H31NO3/c2*1-29-24-4-2-3-18(14-24)5-6-19-7-8-21-15-22(10-9-20(21)13-19)23-11-12-26(16-23)17-30-25(28)27-26/h2*2-4,9-10,14-15,19,23H,5-8,11-13,16-17H2,1H3,(H,27,28)/t19-,23+,26-;19-,23-,26+/m10/s1. The van der Waals surface area contributed by atoms with Crippen LogP contribution in [0.3, 0.4) is 0 Å². The number of hydrogen-bond acceptors (Lipinski definition) is 6. The van der Waals surface area contributed by atoms with Gasteiger partial charge in [0.2, 0.25) is 0 Å². The fraction of sp³-hybridized carbons (Fsp3) is 0.500. The summed E-state index contributed by atoms with van der Waals surface area (Å²) in [6, 6.07) is 31.3. The van der Waals surface area contributed by atoms with Gasteiger partial charge in [-0.25, -0.2) is 9.59 Å². The molecule has 0 bridgehead atoms. The number of ether oxygens (including phenoxy) is 4. The van der Waals surface area contributed by atoms with Crippen LogP contribution in [0.1, 0.15) is 121 Å². The number of benzene rings is 4. The van der Waals surface area contributed by atoms with Crippen molar-refractivity contribution in [1.29, 1.82) is 0 Å². The number of aryl methyl sites for hydroxylation is 4. The number of cyclic esters (lactones) is 2. The Morgan fingerprint density at radius 1 is 0.583 bits per heavy atom. The highest BCUT2D eigenvalue weighted by Crippen LogP contribution is 2.45. The Morgan fingerprint density at radius 2 is 1.05 bits per heavy atom. The molecular formula is C52H62N2O6. The second-order valence-corrected chi connectivity index (χ2v) is 18.9. The monoisotopic (exact) mass is 810 g/mol. The Kier molecular flexibility index (Phi) is 11.8. The van der Waals surface area contributed by atoms with Crippen LogP contribution in [0.2, 0.25) is 0 Å². The first-order chi connectivity index (χ1) is 29.2. The van der Waals surface area contributed by atoms with Gasteiger partial charge in [0.1, 0.15) is 24.7 Å². The van der Waals surface area contributed by atoms with E-state index in [4.69, 9.17) is 18.9 Å². The fourth-order valence-electron chi connectivity index (χ4n) is 11.4. The molecule has 316 valence electrons. The molecule has 2 saturated carbocycles. The highest BCUT2D eigenvalue weighted by molar-refractivity contribution is 5.71. The van der Waals surface area contributed by atoms with Crippen LogP contribution in [0.4, 0.5) is 9.59 Å². The van der Waals surface area contributed by atoms with Gasteiger partial charge in [-0.05, 0) is 195 Å². The quantitative estimate of drug-likeness (QED) is 0.166. The fourth-order valence-corrected chi connectivity index (χ4v) is 11.4. The molecule has 4 aromatic rings. The molecule has 2 saturated heterocycles. The van der Waals surface area contributed by atoms with E-state index in [0.29, 0.717) is 25.0 Å². The Hall–Kier alpha value is -4.98. The van der Waals surface area contributed by atoms with Gasteiger partial charge in [0.15, 0.2) is 0 Å². The first kappa shape index (κ1) is 40.4. The third-order valence-electron chi connectivity index (χ3n) is 14.9. The molecule has 2 aliphatic heterocycles. The van der Waals surface area contributed by atoms with Crippen molar-refractivity contribution in [1.82, 2.24) is 10.6 Å². The summed E-state index contributed by atoms with van der Waals surface area (Å²) in [5, 5.41) is 6.13. The highest BCUT2D eigenvalue weighted by Gasteiger charge is 2.47. The highest BCUT2D eigenvalue weighted by atomic mass is 16.6. The van der Waals surface area contributed by atoms with E-state index in [9.17, 15) is 9.59 Å². The van der Waals surface area contributed by atoms with E-state index in [0.717, 1.165) is 74.7 Å². The Labute approximate surface area is 356 Å². The average Bonchev–Trinajstić information content (AvgIpc) is 4.09. The summed E-state index contributed by atoms with van der Waals surface area (Å²) in [6.45, 7) is 1.06. The summed E-state index contributed by atoms with van der Waals surface area (Å²) >= 11 is 0. The lowest BCUT2D eigenvalue weighted by molar-refractivity contribution is 0.171. The van der Waals surface area contributed by atoms with Crippen LogP contribution in [0, 0.1) is 11.8 Å². The molecule has 2 spiro atoms. The molecule has 4 fully saturated rings. The average molecular weight is 811 g/mol.